The zero-order valence-electron chi connectivity index (χ0n) is 12.8. The third kappa shape index (κ3) is 3.55. The molecule has 1 N–H and O–H groups in total. The van der Waals surface area contributed by atoms with E-state index in [9.17, 15) is 18.0 Å². The van der Waals surface area contributed by atoms with Crippen molar-refractivity contribution >= 4 is 5.91 Å². The molecule has 0 fully saturated rings. The van der Waals surface area contributed by atoms with Gasteiger partial charge in [0, 0.05) is 19.2 Å². The van der Waals surface area contributed by atoms with Crippen LogP contribution in [0.2, 0.25) is 0 Å². The Kier molecular flexibility index (Phi) is 4.50. The highest BCUT2D eigenvalue weighted by Crippen LogP contribution is 2.27. The van der Waals surface area contributed by atoms with Gasteiger partial charge in [-0.05, 0) is 25.0 Å². The molecule has 0 saturated heterocycles. The van der Waals surface area contributed by atoms with Crippen molar-refractivity contribution in [2.75, 3.05) is 0 Å². The number of carbonyl (C=O) groups is 1. The van der Waals surface area contributed by atoms with Crippen molar-refractivity contribution in [3.63, 3.8) is 0 Å². The minimum absolute atomic E-state index is 0.0682. The minimum Gasteiger partial charge on any atom is -0.345 e. The molecule has 0 radical (unpaired) electrons. The molecular weight excluding hydrogens is 323 g/mol. The zero-order chi connectivity index (χ0) is 17.2. The maximum atomic E-state index is 12.5. The van der Waals surface area contributed by atoms with Gasteiger partial charge in [-0.15, -0.1) is 10.2 Å². The molecule has 24 heavy (non-hydrogen) atoms. The number of pyridine rings is 1. The molecule has 0 aromatic carbocycles. The van der Waals surface area contributed by atoms with Gasteiger partial charge >= 0.3 is 6.18 Å². The van der Waals surface area contributed by atoms with Gasteiger partial charge in [0.05, 0.1) is 12.1 Å². The Hall–Kier alpha value is -2.45. The molecule has 6 nitrogen and oxygen atoms in total. The van der Waals surface area contributed by atoms with Crippen LogP contribution >= 0.6 is 0 Å². The Morgan fingerprint density at radius 1 is 1.21 bits per heavy atom. The maximum absolute atomic E-state index is 12.5. The van der Waals surface area contributed by atoms with Crippen LogP contribution in [0.1, 0.15) is 47.0 Å². The fourth-order valence-corrected chi connectivity index (χ4v) is 2.63. The average molecular weight is 339 g/mol. The molecule has 1 aliphatic rings. The Balaban J connectivity index is 1.65. The maximum Gasteiger partial charge on any atom is 0.433 e. The van der Waals surface area contributed by atoms with Gasteiger partial charge in [0.15, 0.2) is 5.82 Å². The average Bonchev–Trinajstić information content (AvgIpc) is 2.78. The van der Waals surface area contributed by atoms with E-state index in [0.29, 0.717) is 5.82 Å². The fourth-order valence-electron chi connectivity index (χ4n) is 2.63. The summed E-state index contributed by atoms with van der Waals surface area (Å²) < 4.78 is 39.4. The van der Waals surface area contributed by atoms with Crippen molar-refractivity contribution in [2.45, 2.75) is 44.9 Å². The molecule has 2 aromatic heterocycles. The SMILES string of the molecule is O=C(NCc1nnc2n1CCCCC2)c1ccc(C(F)(F)F)nc1. The van der Waals surface area contributed by atoms with Crippen molar-refractivity contribution in [3.05, 3.63) is 41.2 Å². The van der Waals surface area contributed by atoms with E-state index in [1.165, 1.54) is 0 Å². The Bertz CT molecular complexity index is 724. The van der Waals surface area contributed by atoms with Gasteiger partial charge in [0.1, 0.15) is 11.5 Å². The summed E-state index contributed by atoms with van der Waals surface area (Å²) in [5, 5.41) is 10.9. The summed E-state index contributed by atoms with van der Waals surface area (Å²) in [7, 11) is 0. The van der Waals surface area contributed by atoms with Gasteiger partial charge in [-0.2, -0.15) is 13.2 Å². The lowest BCUT2D eigenvalue weighted by atomic mass is 10.2. The van der Waals surface area contributed by atoms with Gasteiger partial charge in [0.25, 0.3) is 5.91 Å². The molecule has 0 bridgehead atoms. The van der Waals surface area contributed by atoms with Crippen molar-refractivity contribution in [1.82, 2.24) is 25.1 Å². The van der Waals surface area contributed by atoms with E-state index < -0.39 is 17.8 Å². The molecule has 1 aliphatic heterocycles. The van der Waals surface area contributed by atoms with E-state index in [0.717, 1.165) is 56.4 Å². The van der Waals surface area contributed by atoms with Crippen molar-refractivity contribution in [3.8, 4) is 0 Å². The number of amides is 1. The first-order chi connectivity index (χ1) is 11.4. The predicted octanol–water partition coefficient (Wildman–Crippen LogP) is 2.35. The number of rotatable bonds is 3. The number of hydrogen-bond acceptors (Lipinski definition) is 4. The van der Waals surface area contributed by atoms with Crippen molar-refractivity contribution in [1.29, 1.82) is 0 Å². The van der Waals surface area contributed by atoms with Crippen LogP contribution in [-0.4, -0.2) is 25.7 Å². The highest BCUT2D eigenvalue weighted by Gasteiger charge is 2.32. The molecule has 128 valence electrons. The number of nitrogens with one attached hydrogen (secondary N) is 1. The van der Waals surface area contributed by atoms with Gasteiger partial charge < -0.3 is 9.88 Å². The molecule has 0 saturated carbocycles. The molecule has 1 amide bonds. The monoisotopic (exact) mass is 339 g/mol. The number of hydrogen-bond donors (Lipinski definition) is 1. The first kappa shape index (κ1) is 16.4. The fraction of sp³-hybridized carbons (Fsp3) is 0.467. The standard InChI is InChI=1S/C15H16F3N5O/c16-15(17,18)11-6-5-10(8-19-11)14(24)20-9-13-22-21-12-4-2-1-3-7-23(12)13/h5-6,8H,1-4,7,9H2,(H,20,24). The number of carbonyl (C=O) groups excluding carboxylic acids is 1. The van der Waals surface area contributed by atoms with Crippen LogP contribution in [0.5, 0.6) is 0 Å². The Morgan fingerprint density at radius 3 is 2.75 bits per heavy atom. The number of aromatic nitrogens is 4. The highest BCUT2D eigenvalue weighted by atomic mass is 19.4. The Labute approximate surface area is 136 Å². The van der Waals surface area contributed by atoms with Gasteiger partial charge in [-0.3, -0.25) is 9.78 Å². The summed E-state index contributed by atoms with van der Waals surface area (Å²) in [6.07, 6.45) is 0.503. The van der Waals surface area contributed by atoms with E-state index in [-0.39, 0.29) is 12.1 Å². The zero-order valence-corrected chi connectivity index (χ0v) is 12.8. The third-order valence-electron chi connectivity index (χ3n) is 3.91. The summed E-state index contributed by atoms with van der Waals surface area (Å²) in [5.74, 6) is 1.07. The Morgan fingerprint density at radius 2 is 2.04 bits per heavy atom. The smallest absolute Gasteiger partial charge is 0.345 e. The van der Waals surface area contributed by atoms with Gasteiger partial charge in [-0.1, -0.05) is 6.42 Å². The quantitative estimate of drug-likeness (QED) is 0.932. The number of alkyl halides is 3. The molecule has 0 aliphatic carbocycles. The lowest BCUT2D eigenvalue weighted by molar-refractivity contribution is -0.141. The summed E-state index contributed by atoms with van der Waals surface area (Å²) in [5.41, 5.74) is -0.958. The van der Waals surface area contributed by atoms with E-state index in [4.69, 9.17) is 0 Å². The van der Waals surface area contributed by atoms with Crippen molar-refractivity contribution in [2.24, 2.45) is 0 Å². The molecule has 0 atom stereocenters. The number of nitrogens with zero attached hydrogens (tertiary/aromatic N) is 4. The second-order valence-electron chi connectivity index (χ2n) is 5.61. The van der Waals surface area contributed by atoms with E-state index in [1.807, 2.05) is 4.57 Å². The van der Waals surface area contributed by atoms with E-state index >= 15 is 0 Å². The summed E-state index contributed by atoms with van der Waals surface area (Å²) >= 11 is 0. The first-order valence-electron chi connectivity index (χ1n) is 7.67. The van der Waals surface area contributed by atoms with Gasteiger partial charge in [0.2, 0.25) is 0 Å². The van der Waals surface area contributed by atoms with E-state index in [1.54, 1.807) is 0 Å². The van der Waals surface area contributed by atoms with Crippen LogP contribution in [0, 0.1) is 0 Å². The van der Waals surface area contributed by atoms with E-state index in [2.05, 4.69) is 20.5 Å². The topological polar surface area (TPSA) is 72.7 Å². The number of aryl methyl sites for hydroxylation is 1. The second-order valence-corrected chi connectivity index (χ2v) is 5.61. The van der Waals surface area contributed by atoms with Crippen LogP contribution in [0.25, 0.3) is 0 Å². The second kappa shape index (κ2) is 6.58. The summed E-state index contributed by atoms with van der Waals surface area (Å²) in [6.45, 7) is 0.988. The summed E-state index contributed by atoms with van der Waals surface area (Å²) in [6, 6.07) is 1.90. The van der Waals surface area contributed by atoms with Crippen LogP contribution in [0.3, 0.4) is 0 Å². The highest BCUT2D eigenvalue weighted by molar-refractivity contribution is 5.93. The van der Waals surface area contributed by atoms with Crippen LogP contribution in [-0.2, 0) is 25.7 Å². The minimum atomic E-state index is -4.52. The number of fused-ring (bicyclic) bond motifs is 1. The predicted molar refractivity (Wildman–Crippen MR) is 78.0 cm³/mol. The molecule has 0 spiro atoms. The van der Waals surface area contributed by atoms with Gasteiger partial charge in [-0.25, -0.2) is 0 Å². The lowest BCUT2D eigenvalue weighted by Gasteiger charge is -2.09. The molecule has 3 heterocycles. The molecule has 2 aromatic rings. The van der Waals surface area contributed by atoms with Crippen LogP contribution in [0.15, 0.2) is 18.3 Å². The van der Waals surface area contributed by atoms with Crippen molar-refractivity contribution < 1.29 is 18.0 Å². The lowest BCUT2D eigenvalue weighted by Crippen LogP contribution is -2.25. The third-order valence-corrected chi connectivity index (χ3v) is 3.91. The number of halogens is 3. The summed E-state index contributed by atoms with van der Waals surface area (Å²) in [4.78, 5) is 15.3. The normalized spacial score (nSPS) is 14.8. The molecule has 3 rings (SSSR count). The first-order valence-corrected chi connectivity index (χ1v) is 7.67. The van der Waals surface area contributed by atoms with Crippen LogP contribution < -0.4 is 5.32 Å². The molecular formula is C15H16F3N5O. The van der Waals surface area contributed by atoms with Crippen LogP contribution in [0.4, 0.5) is 13.2 Å². The largest absolute Gasteiger partial charge is 0.433 e. The molecule has 9 heteroatoms. The molecule has 0 unspecified atom stereocenters.